The average molecular weight is 477 g/mol. The van der Waals surface area contributed by atoms with Crippen LogP contribution in [0.4, 0.5) is 4.39 Å². The van der Waals surface area contributed by atoms with Crippen molar-refractivity contribution in [2.45, 2.75) is 49.8 Å². The second-order valence-electron chi connectivity index (χ2n) is 8.79. The molecular formula is C24H26ClFN2OS2. The molecule has 1 N–H and O–H groups in total. The third-order valence-electron chi connectivity index (χ3n) is 6.50. The summed E-state index contributed by atoms with van der Waals surface area (Å²) in [6.45, 7) is 5.34. The number of aryl methyl sites for hydroxylation is 1. The van der Waals surface area contributed by atoms with Gasteiger partial charge in [0.05, 0.1) is 26.1 Å². The Morgan fingerprint density at radius 2 is 2.06 bits per heavy atom. The summed E-state index contributed by atoms with van der Waals surface area (Å²) in [6.07, 6.45) is 9.51. The van der Waals surface area contributed by atoms with Crippen molar-refractivity contribution in [3.05, 3.63) is 51.1 Å². The highest BCUT2D eigenvalue weighted by molar-refractivity contribution is 7.99. The summed E-state index contributed by atoms with van der Waals surface area (Å²) in [7, 11) is 0. The van der Waals surface area contributed by atoms with E-state index in [2.05, 4.69) is 22.5 Å². The largest absolute Gasteiger partial charge is 0.348 e. The number of nitrogens with zero attached hydrogens (tertiary/aromatic N) is 1. The first-order valence-electron chi connectivity index (χ1n) is 10.5. The number of terminal acetylenes is 1. The van der Waals surface area contributed by atoms with Crippen LogP contribution >= 0.6 is 34.9 Å². The third kappa shape index (κ3) is 4.66. The lowest BCUT2D eigenvalue weighted by Crippen LogP contribution is -2.52. The number of rotatable bonds is 6. The van der Waals surface area contributed by atoms with E-state index in [1.807, 2.05) is 19.1 Å². The van der Waals surface area contributed by atoms with Crippen LogP contribution in [0.25, 0.3) is 0 Å². The molecule has 3 nitrogen and oxygen atoms in total. The van der Waals surface area contributed by atoms with Crippen molar-refractivity contribution in [1.82, 2.24) is 9.62 Å². The lowest BCUT2D eigenvalue weighted by Gasteiger charge is -2.40. The number of hydrogen-bond donors (Lipinski definition) is 1. The van der Waals surface area contributed by atoms with Crippen LogP contribution in [-0.2, 0) is 4.79 Å². The lowest BCUT2D eigenvalue weighted by molar-refractivity contribution is -0.129. The van der Waals surface area contributed by atoms with Crippen molar-refractivity contribution in [2.75, 3.05) is 13.1 Å². The summed E-state index contributed by atoms with van der Waals surface area (Å²) in [5.74, 6) is 2.16. The van der Waals surface area contributed by atoms with E-state index in [1.54, 1.807) is 29.4 Å². The number of nitrogens with one attached hydrogen (secondary N) is 1. The van der Waals surface area contributed by atoms with Gasteiger partial charge < -0.3 is 5.32 Å². The molecule has 1 unspecified atom stereocenters. The molecule has 2 heterocycles. The van der Waals surface area contributed by atoms with Crippen LogP contribution in [-0.4, -0.2) is 23.3 Å². The van der Waals surface area contributed by atoms with E-state index in [1.165, 1.54) is 6.07 Å². The van der Waals surface area contributed by atoms with Crippen LogP contribution in [0.2, 0.25) is 5.02 Å². The highest BCUT2D eigenvalue weighted by atomic mass is 35.5. The Hall–Kier alpha value is -1.52. The first-order chi connectivity index (χ1) is 14.8. The Labute approximate surface area is 196 Å². The van der Waals surface area contributed by atoms with Crippen LogP contribution in [0.5, 0.6) is 0 Å². The van der Waals surface area contributed by atoms with E-state index in [4.69, 9.17) is 18.0 Å². The number of thiophene rings is 1. The van der Waals surface area contributed by atoms with E-state index < -0.39 is 6.04 Å². The van der Waals surface area contributed by atoms with E-state index in [0.29, 0.717) is 23.7 Å². The molecule has 4 rings (SSSR count). The van der Waals surface area contributed by atoms with Gasteiger partial charge in [-0.15, -0.1) is 17.8 Å². The molecule has 0 bridgehead atoms. The van der Waals surface area contributed by atoms with Gasteiger partial charge in [-0.2, -0.15) is 0 Å². The summed E-state index contributed by atoms with van der Waals surface area (Å²) in [6, 6.07) is 6.67. The lowest BCUT2D eigenvalue weighted by atomic mass is 9.76. The normalized spacial score (nSPS) is 19.6. The van der Waals surface area contributed by atoms with Crippen molar-refractivity contribution < 1.29 is 9.18 Å². The summed E-state index contributed by atoms with van der Waals surface area (Å²) in [4.78, 5) is 14.0. The number of carbonyl (C=O) groups excluding carboxylic acids is 1. The summed E-state index contributed by atoms with van der Waals surface area (Å²) < 4.78 is 18.2. The molecule has 1 atom stereocenters. The van der Waals surface area contributed by atoms with Gasteiger partial charge in [0.2, 0.25) is 5.91 Å². The third-order valence-corrected chi connectivity index (χ3v) is 9.16. The Morgan fingerprint density at radius 3 is 2.71 bits per heavy atom. The number of amides is 1. The van der Waals surface area contributed by atoms with E-state index >= 15 is 0 Å². The molecule has 1 aromatic carbocycles. The summed E-state index contributed by atoms with van der Waals surface area (Å²) in [5, 5.41) is 3.62. The zero-order chi connectivity index (χ0) is 22.2. The topological polar surface area (TPSA) is 32.3 Å². The molecule has 1 amide bonds. The Balaban J connectivity index is 1.46. The number of benzene rings is 1. The van der Waals surface area contributed by atoms with Crippen molar-refractivity contribution >= 4 is 40.8 Å². The molecule has 1 aliphatic heterocycles. The van der Waals surface area contributed by atoms with Gasteiger partial charge in [-0.05, 0) is 60.9 Å². The molecule has 2 aromatic rings. The summed E-state index contributed by atoms with van der Waals surface area (Å²) >= 11 is 9.76. The van der Waals surface area contributed by atoms with Gasteiger partial charge in [0.25, 0.3) is 0 Å². The minimum absolute atomic E-state index is 0.0255. The molecular weight excluding hydrogens is 451 g/mol. The minimum Gasteiger partial charge on any atom is -0.348 e. The highest BCUT2D eigenvalue weighted by Gasteiger charge is 2.43. The fraction of sp³-hybridized carbons (Fsp3) is 0.458. The standard InChI is InChI=1S/C24H26ClFN2OS2/c1-4-17-8-10-19(30-17)31-28-13-16(14-28)23(29)27-22(24(3)11-5-6-12-24)20-18(26)9-7-15(2)21(20)25/h1,7-10,16,22H,5-6,11-14H2,2-3H3,(H,27,29). The van der Waals surface area contributed by atoms with Crippen LogP contribution < -0.4 is 5.32 Å². The first-order valence-corrected chi connectivity index (χ1v) is 12.5. The van der Waals surface area contributed by atoms with Crippen LogP contribution in [0.15, 0.2) is 28.5 Å². The van der Waals surface area contributed by atoms with Gasteiger partial charge >= 0.3 is 0 Å². The first kappa shape index (κ1) is 22.7. The minimum atomic E-state index is -0.424. The van der Waals surface area contributed by atoms with Crippen molar-refractivity contribution in [3.8, 4) is 12.3 Å². The molecule has 1 aliphatic carbocycles. The van der Waals surface area contributed by atoms with Crippen molar-refractivity contribution in [1.29, 1.82) is 0 Å². The molecule has 0 radical (unpaired) electrons. The Morgan fingerprint density at radius 1 is 1.35 bits per heavy atom. The number of carbonyl (C=O) groups is 1. The number of halogens is 2. The maximum absolute atomic E-state index is 14.9. The van der Waals surface area contributed by atoms with Crippen molar-refractivity contribution in [3.63, 3.8) is 0 Å². The second kappa shape index (κ2) is 9.15. The maximum atomic E-state index is 14.9. The quantitative estimate of drug-likeness (QED) is 0.397. The molecule has 7 heteroatoms. The fourth-order valence-corrected chi connectivity index (χ4v) is 6.96. The molecule has 1 saturated carbocycles. The van der Waals surface area contributed by atoms with Gasteiger partial charge in [0.1, 0.15) is 5.82 Å². The second-order valence-corrected chi connectivity index (χ2v) is 11.7. The summed E-state index contributed by atoms with van der Waals surface area (Å²) in [5.41, 5.74) is 1.06. The van der Waals surface area contributed by atoms with Crippen LogP contribution in [0.1, 0.15) is 54.7 Å². The molecule has 31 heavy (non-hydrogen) atoms. The van der Waals surface area contributed by atoms with Gasteiger partial charge in [-0.3, -0.25) is 4.79 Å². The smallest absolute Gasteiger partial charge is 0.226 e. The maximum Gasteiger partial charge on any atom is 0.226 e. The monoisotopic (exact) mass is 476 g/mol. The average Bonchev–Trinajstić information content (AvgIpc) is 3.36. The fourth-order valence-electron chi connectivity index (χ4n) is 4.52. The number of hydrogen-bond acceptors (Lipinski definition) is 4. The van der Waals surface area contributed by atoms with Crippen LogP contribution in [0, 0.1) is 36.4 Å². The Kier molecular flexibility index (Phi) is 6.69. The van der Waals surface area contributed by atoms with Crippen molar-refractivity contribution in [2.24, 2.45) is 11.3 Å². The van der Waals surface area contributed by atoms with Gasteiger partial charge in [0, 0.05) is 18.7 Å². The Bertz CT molecular complexity index is 1020. The molecule has 0 spiro atoms. The predicted molar refractivity (Wildman–Crippen MR) is 127 cm³/mol. The zero-order valence-corrected chi connectivity index (χ0v) is 20.1. The molecule has 2 fully saturated rings. The van der Waals surface area contributed by atoms with E-state index in [-0.39, 0.29) is 23.1 Å². The molecule has 164 valence electrons. The van der Waals surface area contributed by atoms with Gasteiger partial charge in [0.15, 0.2) is 0 Å². The van der Waals surface area contributed by atoms with E-state index in [9.17, 15) is 9.18 Å². The highest BCUT2D eigenvalue weighted by Crippen LogP contribution is 2.49. The van der Waals surface area contributed by atoms with Gasteiger partial charge in [-0.1, -0.05) is 43.4 Å². The molecule has 2 aliphatic rings. The van der Waals surface area contributed by atoms with Crippen LogP contribution in [0.3, 0.4) is 0 Å². The molecule has 1 aromatic heterocycles. The van der Waals surface area contributed by atoms with Gasteiger partial charge in [-0.25, -0.2) is 8.70 Å². The zero-order valence-electron chi connectivity index (χ0n) is 17.7. The molecule has 1 saturated heterocycles. The SMILES string of the molecule is C#Cc1ccc(SN2CC(C(=O)NC(c3c(F)ccc(C)c3Cl)C3(C)CCCC3)C2)s1. The van der Waals surface area contributed by atoms with E-state index in [0.717, 1.165) is 40.3 Å². The predicted octanol–water partition coefficient (Wildman–Crippen LogP) is 6.21.